The minimum absolute atomic E-state index is 0.0126. The van der Waals surface area contributed by atoms with Crippen molar-refractivity contribution in [3.63, 3.8) is 0 Å². The average Bonchev–Trinajstić information content (AvgIpc) is 2.45. The quantitative estimate of drug-likeness (QED) is 0.723. The summed E-state index contributed by atoms with van der Waals surface area (Å²) in [6.07, 6.45) is 0.106. The minimum atomic E-state index is -0.611. The lowest BCUT2D eigenvalue weighted by molar-refractivity contribution is 0.263. The van der Waals surface area contributed by atoms with Gasteiger partial charge in [0, 0.05) is 16.0 Å². The van der Waals surface area contributed by atoms with Crippen molar-refractivity contribution in [1.82, 2.24) is 0 Å². The van der Waals surface area contributed by atoms with Crippen LogP contribution in [-0.4, -0.2) is 11.7 Å². The molecule has 0 heterocycles. The normalized spacial score (nSPS) is 12.4. The van der Waals surface area contributed by atoms with Crippen LogP contribution in [-0.2, 0) is 6.42 Å². The molecule has 20 heavy (non-hydrogen) atoms. The number of hydrogen-bond donors (Lipinski definition) is 1. The summed E-state index contributed by atoms with van der Waals surface area (Å²) in [7, 11) is 0. The van der Waals surface area contributed by atoms with E-state index in [1.165, 1.54) is 12.1 Å². The molecule has 1 unspecified atom stereocenters. The largest absolute Gasteiger partial charge is 0.396 e. The molecule has 2 aromatic carbocycles. The van der Waals surface area contributed by atoms with E-state index in [1.54, 1.807) is 0 Å². The van der Waals surface area contributed by atoms with Gasteiger partial charge in [0.2, 0.25) is 0 Å². The van der Waals surface area contributed by atoms with Gasteiger partial charge in [0.15, 0.2) is 0 Å². The minimum Gasteiger partial charge on any atom is -0.396 e. The summed E-state index contributed by atoms with van der Waals surface area (Å²) in [4.78, 5) is 0. The van der Waals surface area contributed by atoms with Gasteiger partial charge < -0.3 is 5.11 Å². The van der Waals surface area contributed by atoms with Crippen molar-refractivity contribution in [3.8, 4) is 0 Å². The maximum Gasteiger partial charge on any atom is 0.143 e. The van der Waals surface area contributed by atoms with Gasteiger partial charge in [-0.15, -0.1) is 0 Å². The second-order valence-electron chi connectivity index (χ2n) is 4.46. The van der Waals surface area contributed by atoms with Crippen LogP contribution in [0.25, 0.3) is 0 Å². The molecule has 5 heteroatoms. The van der Waals surface area contributed by atoms with Crippen LogP contribution in [0.5, 0.6) is 0 Å². The van der Waals surface area contributed by atoms with Crippen molar-refractivity contribution < 1.29 is 13.9 Å². The summed E-state index contributed by atoms with van der Waals surface area (Å²) in [5.74, 6) is -1.55. The molecule has 0 fully saturated rings. The topological polar surface area (TPSA) is 20.2 Å². The van der Waals surface area contributed by atoms with Gasteiger partial charge >= 0.3 is 0 Å². The zero-order chi connectivity index (χ0) is 14.7. The Bertz CT molecular complexity index is 600. The molecule has 0 amide bonds. The summed E-state index contributed by atoms with van der Waals surface area (Å²) < 4.78 is 28.9. The third-order valence-electron chi connectivity index (χ3n) is 3.15. The Labute approximate surface area is 132 Å². The Morgan fingerprint density at radius 2 is 1.65 bits per heavy atom. The smallest absolute Gasteiger partial charge is 0.143 e. The molecule has 0 spiro atoms. The summed E-state index contributed by atoms with van der Waals surface area (Å²) in [5.41, 5.74) is 0.829. The molecule has 0 saturated heterocycles. The molecule has 0 bridgehead atoms. The van der Waals surface area contributed by atoms with Crippen molar-refractivity contribution in [2.45, 2.75) is 12.3 Å². The maximum atomic E-state index is 14.0. The van der Waals surface area contributed by atoms with Crippen LogP contribution < -0.4 is 0 Å². The third kappa shape index (κ3) is 3.45. The molecule has 1 N–H and O–H groups in total. The zero-order valence-corrected chi connectivity index (χ0v) is 13.6. The van der Waals surface area contributed by atoms with E-state index in [0.29, 0.717) is 0 Å². The molecule has 0 saturated carbocycles. The van der Waals surface area contributed by atoms with E-state index in [-0.39, 0.29) is 29.0 Å². The lowest BCUT2D eigenvalue weighted by atomic mass is 9.92. The Balaban J connectivity index is 2.31. The van der Waals surface area contributed by atoms with Gasteiger partial charge in [-0.3, -0.25) is 0 Å². The monoisotopic (exact) mass is 404 g/mol. The first-order valence-corrected chi connectivity index (χ1v) is 7.60. The number of rotatable bonds is 4. The second kappa shape index (κ2) is 6.78. The molecule has 0 aromatic heterocycles. The lowest BCUT2D eigenvalue weighted by Gasteiger charge is -2.16. The van der Waals surface area contributed by atoms with Crippen LogP contribution in [0.15, 0.2) is 45.3 Å². The fraction of sp³-hybridized carbons (Fsp3) is 0.200. The van der Waals surface area contributed by atoms with E-state index in [9.17, 15) is 13.9 Å². The Morgan fingerprint density at radius 3 is 2.25 bits per heavy atom. The molecule has 0 aliphatic carbocycles. The predicted octanol–water partition coefficient (Wildman–Crippen LogP) is 4.81. The summed E-state index contributed by atoms with van der Waals surface area (Å²) in [6.45, 7) is -0.174. The Kier molecular flexibility index (Phi) is 5.29. The van der Waals surface area contributed by atoms with Crippen molar-refractivity contribution in [2.24, 2.45) is 0 Å². The molecular weight excluding hydrogens is 394 g/mol. The number of benzene rings is 2. The van der Waals surface area contributed by atoms with E-state index >= 15 is 0 Å². The second-order valence-corrected chi connectivity index (χ2v) is 6.23. The average molecular weight is 406 g/mol. The van der Waals surface area contributed by atoms with E-state index < -0.39 is 11.6 Å². The van der Waals surface area contributed by atoms with Crippen molar-refractivity contribution in [3.05, 3.63) is 68.1 Å². The lowest BCUT2D eigenvalue weighted by Crippen LogP contribution is -2.10. The van der Waals surface area contributed by atoms with E-state index in [0.717, 1.165) is 10.0 Å². The van der Waals surface area contributed by atoms with Gasteiger partial charge in [-0.25, -0.2) is 8.78 Å². The van der Waals surface area contributed by atoms with Gasteiger partial charge in [-0.05, 0) is 52.2 Å². The van der Waals surface area contributed by atoms with Crippen LogP contribution in [0.4, 0.5) is 8.78 Å². The van der Waals surface area contributed by atoms with Gasteiger partial charge in [0.25, 0.3) is 0 Å². The van der Waals surface area contributed by atoms with Crippen LogP contribution in [0.3, 0.4) is 0 Å². The third-order valence-corrected chi connectivity index (χ3v) is 4.29. The van der Waals surface area contributed by atoms with E-state index in [2.05, 4.69) is 31.9 Å². The van der Waals surface area contributed by atoms with Crippen LogP contribution in [0, 0.1) is 11.6 Å². The molecule has 0 radical (unpaired) electrons. The molecule has 0 aliphatic rings. The number of aliphatic hydroxyl groups is 1. The fourth-order valence-corrected chi connectivity index (χ4v) is 2.66. The SMILES string of the molecule is OCC(Cc1c(F)ccc(Br)c1F)c1ccc(Br)cc1. The highest BCUT2D eigenvalue weighted by molar-refractivity contribution is 9.10. The zero-order valence-electron chi connectivity index (χ0n) is 10.4. The summed E-state index contributed by atoms with van der Waals surface area (Å²) in [5, 5.41) is 9.49. The number of halogens is 4. The van der Waals surface area contributed by atoms with Crippen LogP contribution in [0.2, 0.25) is 0 Å². The van der Waals surface area contributed by atoms with Gasteiger partial charge in [-0.2, -0.15) is 0 Å². The van der Waals surface area contributed by atoms with E-state index in [4.69, 9.17) is 0 Å². The van der Waals surface area contributed by atoms with Crippen molar-refractivity contribution in [1.29, 1.82) is 0 Å². The fourth-order valence-electron chi connectivity index (χ4n) is 2.03. The first-order chi connectivity index (χ1) is 9.52. The molecule has 2 rings (SSSR count). The highest BCUT2D eigenvalue weighted by Crippen LogP contribution is 2.28. The molecule has 2 aromatic rings. The van der Waals surface area contributed by atoms with E-state index in [1.807, 2.05) is 24.3 Å². The first kappa shape index (κ1) is 15.6. The van der Waals surface area contributed by atoms with Gasteiger partial charge in [0.05, 0.1) is 11.1 Å². The molecule has 0 aliphatic heterocycles. The van der Waals surface area contributed by atoms with Crippen molar-refractivity contribution in [2.75, 3.05) is 6.61 Å². The highest BCUT2D eigenvalue weighted by Gasteiger charge is 2.18. The number of hydrogen-bond acceptors (Lipinski definition) is 1. The van der Waals surface area contributed by atoms with Crippen molar-refractivity contribution >= 4 is 31.9 Å². The number of aliphatic hydroxyl groups excluding tert-OH is 1. The maximum absolute atomic E-state index is 14.0. The van der Waals surface area contributed by atoms with Crippen LogP contribution in [0.1, 0.15) is 17.0 Å². The summed E-state index contributed by atoms with van der Waals surface area (Å²) >= 11 is 6.37. The summed E-state index contributed by atoms with van der Waals surface area (Å²) in [6, 6.07) is 9.90. The predicted molar refractivity (Wildman–Crippen MR) is 81.7 cm³/mol. The standard InChI is InChI=1S/C15H12Br2F2O/c16-11-3-1-9(2-4-11)10(8-20)7-12-14(18)6-5-13(17)15(12)19/h1-6,10,20H,7-8H2. The molecule has 106 valence electrons. The van der Waals surface area contributed by atoms with Gasteiger partial charge in [-0.1, -0.05) is 28.1 Å². The van der Waals surface area contributed by atoms with Gasteiger partial charge in [0.1, 0.15) is 11.6 Å². The molecular formula is C15H12Br2F2O. The highest BCUT2D eigenvalue weighted by atomic mass is 79.9. The Morgan fingerprint density at radius 1 is 1.00 bits per heavy atom. The first-order valence-electron chi connectivity index (χ1n) is 6.01. The van der Waals surface area contributed by atoms with Crippen LogP contribution >= 0.6 is 31.9 Å². The Hall–Kier alpha value is -0.780. The molecule has 1 atom stereocenters. The molecule has 1 nitrogen and oxygen atoms in total.